The second kappa shape index (κ2) is 11.9. The number of rotatable bonds is 12. The van der Waals surface area contributed by atoms with Gasteiger partial charge < -0.3 is 14.7 Å². The van der Waals surface area contributed by atoms with Crippen LogP contribution in [0.15, 0.2) is 66.7 Å². The molecular formula is C31H35NO4. The molecule has 36 heavy (non-hydrogen) atoms. The Kier molecular flexibility index (Phi) is 7.96. The smallest absolute Gasteiger partial charge is 0.303 e. The summed E-state index contributed by atoms with van der Waals surface area (Å²) >= 11 is 0. The van der Waals surface area contributed by atoms with Crippen LogP contribution in [0.2, 0.25) is 0 Å². The first-order valence-electron chi connectivity index (χ1n) is 13.3. The maximum Gasteiger partial charge on any atom is 0.303 e. The molecule has 1 fully saturated rings. The summed E-state index contributed by atoms with van der Waals surface area (Å²) in [6, 6.07) is 21.6. The molecule has 0 saturated heterocycles. The number of ether oxygens (including phenoxy) is 1. The Morgan fingerprint density at radius 1 is 0.944 bits per heavy atom. The highest BCUT2D eigenvalue weighted by molar-refractivity contribution is 5.95. The van der Waals surface area contributed by atoms with E-state index in [2.05, 4.69) is 32.0 Å². The van der Waals surface area contributed by atoms with E-state index in [4.69, 9.17) is 11.2 Å². The number of benzene rings is 3. The molecule has 1 aliphatic carbocycles. The molecular weight excluding hydrogens is 450 g/mol. The van der Waals surface area contributed by atoms with E-state index in [1.54, 1.807) is 4.90 Å². The standard InChI is InChI=1S/C31H35NO4/c1-22-18-23(2)20-27(19-22)24-11-13-25(14-12-24)31(35)32(28-15-16-28)21-26-8-5-6-9-29(26)36-17-7-3-4-10-30(33)34/h5-6,8-9,11-14,18-20,28H,3-4,7,10,15-17,21H2,1-2H3,(H,33,34)/i21D. The Labute approximate surface area is 215 Å². The first-order chi connectivity index (χ1) is 17.8. The molecule has 3 aromatic rings. The van der Waals surface area contributed by atoms with Crippen molar-refractivity contribution in [3.8, 4) is 16.9 Å². The van der Waals surface area contributed by atoms with Gasteiger partial charge in [-0.2, -0.15) is 0 Å². The zero-order valence-corrected chi connectivity index (χ0v) is 21.1. The van der Waals surface area contributed by atoms with Gasteiger partial charge in [0.2, 0.25) is 0 Å². The molecule has 5 heteroatoms. The third kappa shape index (κ3) is 6.97. The minimum Gasteiger partial charge on any atom is -0.493 e. The summed E-state index contributed by atoms with van der Waals surface area (Å²) in [7, 11) is 0. The van der Waals surface area contributed by atoms with Crippen molar-refractivity contribution in [3.63, 3.8) is 0 Å². The maximum atomic E-state index is 13.6. The summed E-state index contributed by atoms with van der Waals surface area (Å²) < 4.78 is 15.0. The van der Waals surface area contributed by atoms with Crippen molar-refractivity contribution < 1.29 is 20.8 Å². The molecule has 5 nitrogen and oxygen atoms in total. The van der Waals surface area contributed by atoms with Gasteiger partial charge in [0.15, 0.2) is 0 Å². The fourth-order valence-electron chi connectivity index (χ4n) is 4.38. The topological polar surface area (TPSA) is 66.8 Å². The number of nitrogens with zero attached hydrogens (tertiary/aromatic N) is 1. The van der Waals surface area contributed by atoms with Crippen LogP contribution in [0.5, 0.6) is 5.75 Å². The number of para-hydroxylation sites is 1. The molecule has 188 valence electrons. The van der Waals surface area contributed by atoms with E-state index >= 15 is 0 Å². The molecule has 0 heterocycles. The molecule has 1 amide bonds. The van der Waals surface area contributed by atoms with Crippen LogP contribution in [0, 0.1) is 13.8 Å². The monoisotopic (exact) mass is 486 g/mol. The van der Waals surface area contributed by atoms with E-state index in [-0.39, 0.29) is 18.4 Å². The predicted octanol–water partition coefficient (Wildman–Crippen LogP) is 6.80. The molecule has 1 aliphatic rings. The van der Waals surface area contributed by atoms with Crippen LogP contribution in [0.1, 0.15) is 66.9 Å². The first kappa shape index (κ1) is 24.1. The van der Waals surface area contributed by atoms with E-state index < -0.39 is 12.5 Å². The van der Waals surface area contributed by atoms with Gasteiger partial charge in [-0.15, -0.1) is 0 Å². The van der Waals surface area contributed by atoms with Crippen molar-refractivity contribution >= 4 is 11.9 Å². The lowest BCUT2D eigenvalue weighted by atomic mass is 9.99. The van der Waals surface area contributed by atoms with Gasteiger partial charge in [-0.25, -0.2) is 0 Å². The molecule has 1 unspecified atom stereocenters. The minimum absolute atomic E-state index is 0.0539. The molecule has 0 spiro atoms. The van der Waals surface area contributed by atoms with Crippen LogP contribution >= 0.6 is 0 Å². The van der Waals surface area contributed by atoms with Crippen molar-refractivity contribution in [2.45, 2.75) is 64.9 Å². The first-order valence-corrected chi connectivity index (χ1v) is 12.7. The number of carboxylic acids is 1. The zero-order chi connectivity index (χ0) is 26.4. The van der Waals surface area contributed by atoms with Crippen molar-refractivity contribution in [1.29, 1.82) is 0 Å². The lowest BCUT2D eigenvalue weighted by Crippen LogP contribution is -2.32. The summed E-state index contributed by atoms with van der Waals surface area (Å²) in [6.07, 6.45) is 4.08. The Bertz CT molecular complexity index is 1220. The lowest BCUT2D eigenvalue weighted by molar-refractivity contribution is -0.137. The van der Waals surface area contributed by atoms with Crippen LogP contribution < -0.4 is 4.74 Å². The Hall–Kier alpha value is -3.60. The van der Waals surface area contributed by atoms with Crippen LogP contribution in [-0.2, 0) is 11.3 Å². The van der Waals surface area contributed by atoms with Crippen LogP contribution in [0.3, 0.4) is 0 Å². The Balaban J connectivity index is 1.47. The molecule has 4 rings (SSSR count). The Morgan fingerprint density at radius 2 is 1.64 bits per heavy atom. The second-order valence-electron chi connectivity index (χ2n) is 9.62. The van der Waals surface area contributed by atoms with Crippen molar-refractivity contribution in [2.75, 3.05) is 6.61 Å². The third-order valence-electron chi connectivity index (χ3n) is 6.35. The number of hydrogen-bond donors (Lipinski definition) is 1. The maximum absolute atomic E-state index is 13.6. The summed E-state index contributed by atoms with van der Waals surface area (Å²) in [5.41, 5.74) is 5.84. The van der Waals surface area contributed by atoms with Gasteiger partial charge in [-0.05, 0) is 75.3 Å². The van der Waals surface area contributed by atoms with E-state index in [0.717, 1.165) is 36.8 Å². The van der Waals surface area contributed by atoms with Gasteiger partial charge in [0.25, 0.3) is 5.91 Å². The van der Waals surface area contributed by atoms with Gasteiger partial charge in [0, 0.05) is 30.1 Å². The van der Waals surface area contributed by atoms with Gasteiger partial charge in [-0.3, -0.25) is 9.59 Å². The highest BCUT2D eigenvalue weighted by atomic mass is 16.5. The Morgan fingerprint density at radius 3 is 2.31 bits per heavy atom. The van der Waals surface area contributed by atoms with E-state index in [1.165, 1.54) is 11.1 Å². The molecule has 0 aromatic heterocycles. The number of hydrogen-bond acceptors (Lipinski definition) is 3. The van der Waals surface area contributed by atoms with Gasteiger partial charge in [0.1, 0.15) is 5.75 Å². The van der Waals surface area contributed by atoms with Crippen molar-refractivity contribution in [2.24, 2.45) is 0 Å². The fourth-order valence-corrected chi connectivity index (χ4v) is 4.38. The average Bonchev–Trinajstić information content (AvgIpc) is 3.71. The number of unbranched alkanes of at least 4 members (excludes halogenated alkanes) is 2. The molecule has 1 atom stereocenters. The van der Waals surface area contributed by atoms with Crippen LogP contribution in [0.25, 0.3) is 11.1 Å². The quantitative estimate of drug-likeness (QED) is 0.286. The number of aryl methyl sites for hydroxylation is 2. The normalized spacial score (nSPS) is 14.1. The number of carbonyl (C=O) groups excluding carboxylic acids is 1. The molecule has 1 saturated carbocycles. The highest BCUT2D eigenvalue weighted by Gasteiger charge is 2.33. The van der Waals surface area contributed by atoms with E-state index in [9.17, 15) is 9.59 Å². The van der Waals surface area contributed by atoms with Gasteiger partial charge in [0.05, 0.1) is 7.98 Å². The average molecular weight is 487 g/mol. The van der Waals surface area contributed by atoms with Gasteiger partial charge >= 0.3 is 5.97 Å². The predicted molar refractivity (Wildman–Crippen MR) is 142 cm³/mol. The number of aliphatic carboxylic acids is 1. The molecule has 1 N–H and O–H groups in total. The lowest BCUT2D eigenvalue weighted by Gasteiger charge is -2.24. The largest absolute Gasteiger partial charge is 0.493 e. The number of amides is 1. The van der Waals surface area contributed by atoms with Crippen molar-refractivity contribution in [3.05, 3.63) is 89.0 Å². The molecule has 3 aromatic carbocycles. The SMILES string of the molecule is [2H]C(c1ccccc1OCCCCCC(=O)O)N(C(=O)c1ccc(-c2cc(C)cc(C)c2)cc1)C1CC1. The molecule has 0 bridgehead atoms. The second-order valence-corrected chi connectivity index (χ2v) is 9.62. The van der Waals surface area contributed by atoms with Crippen LogP contribution in [-0.4, -0.2) is 34.5 Å². The summed E-state index contributed by atoms with van der Waals surface area (Å²) in [6.45, 7) is 3.73. The van der Waals surface area contributed by atoms with E-state index in [0.29, 0.717) is 29.9 Å². The molecule has 0 radical (unpaired) electrons. The van der Waals surface area contributed by atoms with Crippen molar-refractivity contribution in [1.82, 2.24) is 4.90 Å². The fraction of sp³-hybridized carbons (Fsp3) is 0.355. The number of carboxylic acid groups (broad SMARTS) is 1. The van der Waals surface area contributed by atoms with E-state index in [1.807, 2.05) is 48.5 Å². The van der Waals surface area contributed by atoms with Crippen LogP contribution in [0.4, 0.5) is 0 Å². The molecule has 0 aliphatic heterocycles. The zero-order valence-electron chi connectivity index (χ0n) is 22.1. The minimum atomic E-state index is -0.873. The third-order valence-corrected chi connectivity index (χ3v) is 6.35. The number of carbonyl (C=O) groups is 2. The summed E-state index contributed by atoms with van der Waals surface area (Å²) in [5.74, 6) is -0.324. The van der Waals surface area contributed by atoms with Gasteiger partial charge in [-0.1, -0.05) is 59.7 Å². The summed E-state index contributed by atoms with van der Waals surface area (Å²) in [4.78, 5) is 26.0. The summed E-state index contributed by atoms with van der Waals surface area (Å²) in [5, 5.41) is 8.78. The highest BCUT2D eigenvalue weighted by Crippen LogP contribution is 2.32.